The number of benzene rings is 2. The van der Waals surface area contributed by atoms with Crippen LogP contribution in [0.3, 0.4) is 0 Å². The Labute approximate surface area is 165 Å². The minimum Gasteiger partial charge on any atom is -0.383 e. The number of nitrogens with zero attached hydrogens (tertiary/aromatic N) is 1. The molecule has 0 aliphatic carbocycles. The van der Waals surface area contributed by atoms with Gasteiger partial charge in [-0.1, -0.05) is 54.6 Å². The molecule has 0 spiro atoms. The van der Waals surface area contributed by atoms with Crippen LogP contribution in [0.2, 0.25) is 0 Å². The first-order valence-corrected chi connectivity index (χ1v) is 9.30. The molecule has 0 unspecified atom stereocenters. The number of anilines is 1. The van der Waals surface area contributed by atoms with Crippen molar-refractivity contribution in [1.82, 2.24) is 10.3 Å². The van der Waals surface area contributed by atoms with Gasteiger partial charge in [-0.05, 0) is 41.7 Å². The maximum absolute atomic E-state index is 12.4. The lowest BCUT2D eigenvalue weighted by atomic mass is 10.0. The molecule has 5 nitrogen and oxygen atoms in total. The molecule has 0 bridgehead atoms. The van der Waals surface area contributed by atoms with Crippen molar-refractivity contribution in [3.8, 4) is 0 Å². The molecule has 1 heterocycles. The molecular formula is C23H25N3O2. The van der Waals surface area contributed by atoms with Gasteiger partial charge in [0, 0.05) is 13.7 Å². The Kier molecular flexibility index (Phi) is 6.76. The summed E-state index contributed by atoms with van der Waals surface area (Å²) < 4.78 is 5.02. The highest BCUT2D eigenvalue weighted by Crippen LogP contribution is 2.12. The minimum atomic E-state index is -0.234. The second kappa shape index (κ2) is 9.67. The average Bonchev–Trinajstić information content (AvgIpc) is 2.72. The zero-order valence-corrected chi connectivity index (χ0v) is 16.0. The molecule has 0 fully saturated rings. The fourth-order valence-corrected chi connectivity index (χ4v) is 2.97. The van der Waals surface area contributed by atoms with Gasteiger partial charge in [0.25, 0.3) is 5.91 Å². The van der Waals surface area contributed by atoms with E-state index in [0.29, 0.717) is 24.4 Å². The molecule has 3 N–H and O–H groups in total. The lowest BCUT2D eigenvalue weighted by Gasteiger charge is -2.09. The predicted molar refractivity (Wildman–Crippen MR) is 111 cm³/mol. The van der Waals surface area contributed by atoms with Crippen molar-refractivity contribution in [2.45, 2.75) is 26.0 Å². The third-order valence-corrected chi connectivity index (χ3v) is 4.54. The molecule has 0 saturated carbocycles. The normalized spacial score (nSPS) is 10.6. The van der Waals surface area contributed by atoms with E-state index in [4.69, 9.17) is 10.5 Å². The Morgan fingerprint density at radius 2 is 1.57 bits per heavy atom. The molecule has 0 saturated heterocycles. The number of hydrogen-bond donors (Lipinski definition) is 2. The zero-order chi connectivity index (χ0) is 19.8. The van der Waals surface area contributed by atoms with Crippen molar-refractivity contribution in [3.63, 3.8) is 0 Å². The van der Waals surface area contributed by atoms with Crippen molar-refractivity contribution in [3.05, 3.63) is 94.7 Å². The molecular weight excluding hydrogens is 350 g/mol. The molecule has 1 aromatic heterocycles. The van der Waals surface area contributed by atoms with Crippen molar-refractivity contribution in [2.75, 3.05) is 12.8 Å². The predicted octanol–water partition coefficient (Wildman–Crippen LogP) is 3.53. The van der Waals surface area contributed by atoms with Gasteiger partial charge in [-0.15, -0.1) is 0 Å². The number of hydrogen-bond acceptors (Lipinski definition) is 4. The fourth-order valence-electron chi connectivity index (χ4n) is 2.97. The van der Waals surface area contributed by atoms with Gasteiger partial charge in [0.15, 0.2) is 0 Å². The van der Waals surface area contributed by atoms with E-state index in [1.54, 1.807) is 19.2 Å². The van der Waals surface area contributed by atoms with Crippen LogP contribution in [0.1, 0.15) is 32.7 Å². The van der Waals surface area contributed by atoms with Gasteiger partial charge < -0.3 is 15.8 Å². The van der Waals surface area contributed by atoms with Crippen molar-refractivity contribution < 1.29 is 9.53 Å². The summed E-state index contributed by atoms with van der Waals surface area (Å²) in [5, 5.41) is 2.89. The van der Waals surface area contributed by atoms with Crippen LogP contribution >= 0.6 is 0 Å². The monoisotopic (exact) mass is 375 g/mol. The van der Waals surface area contributed by atoms with E-state index in [0.717, 1.165) is 18.4 Å². The van der Waals surface area contributed by atoms with Gasteiger partial charge in [-0.2, -0.15) is 0 Å². The molecule has 5 heteroatoms. The number of methoxy groups -OCH3 is 1. The smallest absolute Gasteiger partial charge is 0.255 e. The number of aromatic nitrogens is 1. The van der Waals surface area contributed by atoms with Crippen LogP contribution in [0, 0.1) is 0 Å². The number of aryl methyl sites for hydroxylation is 2. The zero-order valence-electron chi connectivity index (χ0n) is 16.0. The van der Waals surface area contributed by atoms with Gasteiger partial charge in [-0.3, -0.25) is 4.79 Å². The number of rotatable bonds is 8. The Hall–Kier alpha value is -3.18. The summed E-state index contributed by atoms with van der Waals surface area (Å²) in [7, 11) is 1.59. The Morgan fingerprint density at radius 1 is 0.929 bits per heavy atom. The van der Waals surface area contributed by atoms with Gasteiger partial charge >= 0.3 is 0 Å². The summed E-state index contributed by atoms with van der Waals surface area (Å²) in [6.45, 7) is 0.805. The molecule has 0 atom stereocenters. The summed E-state index contributed by atoms with van der Waals surface area (Å²) >= 11 is 0. The van der Waals surface area contributed by atoms with E-state index in [-0.39, 0.29) is 11.7 Å². The summed E-state index contributed by atoms with van der Waals surface area (Å²) in [6, 6.07) is 22.2. The molecule has 2 aromatic carbocycles. The highest BCUT2D eigenvalue weighted by Gasteiger charge is 2.11. The maximum Gasteiger partial charge on any atom is 0.255 e. The Bertz CT molecular complexity index is 909. The first-order chi connectivity index (χ1) is 13.7. The lowest BCUT2D eigenvalue weighted by molar-refractivity contribution is 0.0951. The topological polar surface area (TPSA) is 77.2 Å². The molecule has 1 amide bonds. The first kappa shape index (κ1) is 19.6. The lowest BCUT2D eigenvalue weighted by Crippen LogP contribution is -2.24. The quantitative estimate of drug-likeness (QED) is 0.631. The Morgan fingerprint density at radius 3 is 2.21 bits per heavy atom. The molecule has 144 valence electrons. The second-order valence-electron chi connectivity index (χ2n) is 6.65. The number of pyridine rings is 1. The molecule has 0 radical (unpaired) electrons. The van der Waals surface area contributed by atoms with Crippen molar-refractivity contribution in [1.29, 1.82) is 0 Å². The molecule has 28 heavy (non-hydrogen) atoms. The summed E-state index contributed by atoms with van der Waals surface area (Å²) in [6.07, 6.45) is 2.01. The van der Waals surface area contributed by atoms with Gasteiger partial charge in [-0.25, -0.2) is 4.98 Å². The second-order valence-corrected chi connectivity index (χ2v) is 6.65. The van der Waals surface area contributed by atoms with E-state index in [1.165, 1.54) is 11.1 Å². The molecule has 3 rings (SSSR count). The van der Waals surface area contributed by atoms with Gasteiger partial charge in [0.2, 0.25) is 0 Å². The SMILES string of the molecule is COCc1ccc(C(=O)NCc2ccc(CCc3ccccc3)cc2)c(N)n1. The van der Waals surface area contributed by atoms with E-state index in [2.05, 4.69) is 46.7 Å². The number of nitrogens with two attached hydrogens (primary N) is 1. The van der Waals surface area contributed by atoms with Crippen LogP contribution in [0.25, 0.3) is 0 Å². The van der Waals surface area contributed by atoms with Crippen LogP contribution in [-0.2, 0) is 30.7 Å². The fraction of sp³-hybridized carbons (Fsp3) is 0.217. The average molecular weight is 375 g/mol. The van der Waals surface area contributed by atoms with E-state index >= 15 is 0 Å². The van der Waals surface area contributed by atoms with E-state index in [9.17, 15) is 4.79 Å². The maximum atomic E-state index is 12.4. The van der Waals surface area contributed by atoms with E-state index in [1.807, 2.05) is 18.2 Å². The molecule has 0 aliphatic heterocycles. The van der Waals surface area contributed by atoms with Crippen molar-refractivity contribution in [2.24, 2.45) is 0 Å². The minimum absolute atomic E-state index is 0.211. The third kappa shape index (κ3) is 5.41. The number of nitrogen functional groups attached to an aromatic ring is 1. The van der Waals surface area contributed by atoms with Crippen LogP contribution in [0.4, 0.5) is 5.82 Å². The number of carbonyl (C=O) groups is 1. The standard InChI is InChI=1S/C23H25N3O2/c1-28-16-20-13-14-21(22(24)26-20)23(27)25-15-19-11-9-18(10-12-19)8-7-17-5-3-2-4-6-17/h2-6,9-14H,7-8,15-16H2,1H3,(H2,24,26)(H,25,27). The molecule has 3 aromatic rings. The number of ether oxygens (including phenoxy) is 1. The van der Waals surface area contributed by atoms with Crippen LogP contribution in [0.5, 0.6) is 0 Å². The summed E-state index contributed by atoms with van der Waals surface area (Å²) in [4.78, 5) is 16.6. The van der Waals surface area contributed by atoms with Gasteiger partial charge in [0.05, 0.1) is 17.9 Å². The van der Waals surface area contributed by atoms with E-state index < -0.39 is 0 Å². The largest absolute Gasteiger partial charge is 0.383 e. The van der Waals surface area contributed by atoms with Crippen molar-refractivity contribution >= 4 is 11.7 Å². The highest BCUT2D eigenvalue weighted by atomic mass is 16.5. The highest BCUT2D eigenvalue weighted by molar-refractivity contribution is 5.98. The molecule has 0 aliphatic rings. The summed E-state index contributed by atoms with van der Waals surface area (Å²) in [5.41, 5.74) is 10.6. The van der Waals surface area contributed by atoms with Crippen LogP contribution in [-0.4, -0.2) is 18.0 Å². The third-order valence-electron chi connectivity index (χ3n) is 4.54. The number of carbonyl (C=O) groups excluding carboxylic acids is 1. The van der Waals surface area contributed by atoms with Crippen LogP contribution in [0.15, 0.2) is 66.7 Å². The summed E-state index contributed by atoms with van der Waals surface area (Å²) in [5.74, 6) is -0.0227. The Balaban J connectivity index is 1.52. The first-order valence-electron chi connectivity index (χ1n) is 9.30. The number of amides is 1. The van der Waals surface area contributed by atoms with Crippen LogP contribution < -0.4 is 11.1 Å². The van der Waals surface area contributed by atoms with Gasteiger partial charge in [0.1, 0.15) is 5.82 Å². The number of nitrogens with one attached hydrogen (secondary N) is 1.